The molecule has 0 saturated carbocycles. The maximum Gasteiger partial charge on any atom is 0.247 e. The van der Waals surface area contributed by atoms with Crippen LogP contribution in [0.15, 0.2) is 41.2 Å². The number of amides is 1. The molecular weight excluding hydrogens is 322 g/mol. The third-order valence-corrected chi connectivity index (χ3v) is 3.86. The highest BCUT2D eigenvalue weighted by atomic mass is 16.5. The Bertz CT molecular complexity index is 801. The molecule has 0 aliphatic heterocycles. The summed E-state index contributed by atoms with van der Waals surface area (Å²) in [6, 6.07) is 9.28. The van der Waals surface area contributed by atoms with Crippen LogP contribution in [0.3, 0.4) is 0 Å². The van der Waals surface area contributed by atoms with Crippen molar-refractivity contribution in [2.45, 2.75) is 25.8 Å². The predicted octanol–water partition coefficient (Wildman–Crippen LogP) is 0.849. The van der Waals surface area contributed by atoms with Gasteiger partial charge in [0.15, 0.2) is 5.82 Å². The van der Waals surface area contributed by atoms with Gasteiger partial charge in [-0.15, -0.1) is 5.10 Å². The Balaban J connectivity index is 1.69. The summed E-state index contributed by atoms with van der Waals surface area (Å²) in [7, 11) is 1.75. The van der Waals surface area contributed by atoms with Crippen molar-refractivity contribution in [3.63, 3.8) is 0 Å². The van der Waals surface area contributed by atoms with E-state index in [0.717, 1.165) is 5.56 Å². The smallest absolute Gasteiger partial charge is 0.247 e. The zero-order valence-electron chi connectivity index (χ0n) is 14.1. The Kier molecular flexibility index (Phi) is 5.12. The maximum absolute atomic E-state index is 12.9. The van der Waals surface area contributed by atoms with Crippen molar-refractivity contribution < 1.29 is 9.32 Å². The Morgan fingerprint density at radius 3 is 2.76 bits per heavy atom. The van der Waals surface area contributed by atoms with Crippen LogP contribution in [-0.2, 0) is 17.6 Å². The molecule has 1 amide bonds. The molecule has 0 N–H and O–H groups in total. The second-order valence-corrected chi connectivity index (χ2v) is 5.73. The van der Waals surface area contributed by atoms with E-state index in [1.165, 1.54) is 11.0 Å². The van der Waals surface area contributed by atoms with Gasteiger partial charge in [0.1, 0.15) is 12.4 Å². The van der Waals surface area contributed by atoms with Crippen molar-refractivity contribution in [3.05, 3.63) is 53.9 Å². The summed E-state index contributed by atoms with van der Waals surface area (Å²) in [5.74, 6) is 1.02. The molecule has 1 atom stereocenters. The van der Waals surface area contributed by atoms with E-state index in [0.29, 0.717) is 31.1 Å². The molecule has 0 spiro atoms. The van der Waals surface area contributed by atoms with Crippen LogP contribution in [-0.4, -0.2) is 54.7 Å². The number of likely N-dealkylation sites (N-methyl/N-ethyl adjacent to an activating group) is 1. The third kappa shape index (κ3) is 4.25. The number of aromatic nitrogens is 6. The van der Waals surface area contributed by atoms with E-state index in [4.69, 9.17) is 4.52 Å². The minimum atomic E-state index is -0.505. The van der Waals surface area contributed by atoms with Crippen molar-refractivity contribution in [1.82, 2.24) is 35.2 Å². The minimum Gasteiger partial charge on any atom is -0.343 e. The van der Waals surface area contributed by atoms with E-state index >= 15 is 0 Å². The monoisotopic (exact) mass is 341 g/mol. The highest BCUT2D eigenvalue weighted by molar-refractivity contribution is 5.80. The molecule has 0 bridgehead atoms. The first kappa shape index (κ1) is 16.7. The lowest BCUT2D eigenvalue weighted by Crippen LogP contribution is -2.37. The minimum absolute atomic E-state index is 0.0728. The lowest BCUT2D eigenvalue weighted by Gasteiger charge is -2.23. The van der Waals surface area contributed by atoms with Gasteiger partial charge in [-0.3, -0.25) is 4.79 Å². The summed E-state index contributed by atoms with van der Waals surface area (Å²) < 4.78 is 6.44. The van der Waals surface area contributed by atoms with Gasteiger partial charge in [-0.1, -0.05) is 35.5 Å². The molecule has 3 aromatic rings. The van der Waals surface area contributed by atoms with Crippen LogP contribution in [0.5, 0.6) is 0 Å². The summed E-state index contributed by atoms with van der Waals surface area (Å²) in [5.41, 5.74) is 1.04. The fourth-order valence-corrected chi connectivity index (χ4v) is 2.52. The normalized spacial score (nSPS) is 12.1. The molecule has 3 rings (SSSR count). The van der Waals surface area contributed by atoms with Gasteiger partial charge in [0.2, 0.25) is 11.8 Å². The van der Waals surface area contributed by atoms with Crippen molar-refractivity contribution in [2.75, 3.05) is 13.6 Å². The van der Waals surface area contributed by atoms with Crippen LogP contribution in [0.2, 0.25) is 0 Å². The highest BCUT2D eigenvalue weighted by Crippen LogP contribution is 2.16. The van der Waals surface area contributed by atoms with Crippen LogP contribution in [0.1, 0.15) is 23.3 Å². The van der Waals surface area contributed by atoms with Crippen molar-refractivity contribution >= 4 is 5.91 Å². The second kappa shape index (κ2) is 7.65. The first-order valence-electron chi connectivity index (χ1n) is 7.94. The topological polar surface area (TPSA) is 103 Å². The summed E-state index contributed by atoms with van der Waals surface area (Å²) in [4.78, 5) is 18.7. The van der Waals surface area contributed by atoms with Crippen LogP contribution in [0.25, 0.3) is 0 Å². The second-order valence-electron chi connectivity index (χ2n) is 5.73. The van der Waals surface area contributed by atoms with Gasteiger partial charge in [0, 0.05) is 33.4 Å². The van der Waals surface area contributed by atoms with Crippen molar-refractivity contribution in [1.29, 1.82) is 0 Å². The Hall–Kier alpha value is -3.10. The average molecular weight is 341 g/mol. The van der Waals surface area contributed by atoms with E-state index in [-0.39, 0.29) is 5.91 Å². The average Bonchev–Trinajstić information content (AvgIpc) is 3.29. The van der Waals surface area contributed by atoms with Gasteiger partial charge in [0.25, 0.3) is 0 Å². The number of hydrogen-bond acceptors (Lipinski definition) is 7. The SMILES string of the molecule is Cc1nc(CCN(C)C(=O)[C@@H](Cc2ccccc2)n2cnnn2)no1. The van der Waals surface area contributed by atoms with Gasteiger partial charge in [-0.25, -0.2) is 4.68 Å². The predicted molar refractivity (Wildman–Crippen MR) is 87.4 cm³/mol. The van der Waals surface area contributed by atoms with E-state index in [1.54, 1.807) is 18.9 Å². The van der Waals surface area contributed by atoms with E-state index in [2.05, 4.69) is 25.7 Å². The quantitative estimate of drug-likeness (QED) is 0.627. The van der Waals surface area contributed by atoms with E-state index in [1.807, 2.05) is 30.3 Å². The summed E-state index contributed by atoms with van der Waals surface area (Å²) in [6.07, 6.45) is 2.49. The van der Waals surface area contributed by atoms with Gasteiger partial charge in [0.05, 0.1) is 0 Å². The molecule has 25 heavy (non-hydrogen) atoms. The third-order valence-electron chi connectivity index (χ3n) is 3.86. The number of rotatable bonds is 7. The van der Waals surface area contributed by atoms with Gasteiger partial charge >= 0.3 is 0 Å². The zero-order valence-corrected chi connectivity index (χ0v) is 14.1. The number of hydrogen-bond donors (Lipinski definition) is 0. The van der Waals surface area contributed by atoms with Gasteiger partial charge < -0.3 is 9.42 Å². The highest BCUT2D eigenvalue weighted by Gasteiger charge is 2.25. The summed E-state index contributed by atoms with van der Waals surface area (Å²) >= 11 is 0. The molecule has 2 heterocycles. The number of aryl methyl sites for hydroxylation is 1. The first-order valence-corrected chi connectivity index (χ1v) is 7.94. The molecule has 0 fully saturated rings. The number of nitrogens with zero attached hydrogens (tertiary/aromatic N) is 7. The lowest BCUT2D eigenvalue weighted by molar-refractivity contribution is -0.133. The molecule has 0 radical (unpaired) electrons. The van der Waals surface area contributed by atoms with Crippen LogP contribution >= 0.6 is 0 Å². The van der Waals surface area contributed by atoms with Crippen LogP contribution < -0.4 is 0 Å². The van der Waals surface area contributed by atoms with Crippen LogP contribution in [0, 0.1) is 6.92 Å². The number of carbonyl (C=O) groups is 1. The van der Waals surface area contributed by atoms with Crippen molar-refractivity contribution in [3.8, 4) is 0 Å². The Labute approximate surface area is 144 Å². The molecule has 2 aromatic heterocycles. The summed E-state index contributed by atoms with van der Waals surface area (Å²) in [6.45, 7) is 2.21. The fourth-order valence-electron chi connectivity index (χ4n) is 2.52. The van der Waals surface area contributed by atoms with Gasteiger partial charge in [-0.2, -0.15) is 4.98 Å². The largest absolute Gasteiger partial charge is 0.343 e. The molecule has 0 aliphatic rings. The molecular formula is C16H19N7O2. The molecule has 1 aromatic carbocycles. The Morgan fingerprint density at radius 2 is 2.12 bits per heavy atom. The molecule has 0 unspecified atom stereocenters. The molecule has 0 saturated heterocycles. The summed E-state index contributed by atoms with van der Waals surface area (Å²) in [5, 5.41) is 15.1. The van der Waals surface area contributed by atoms with Crippen molar-refractivity contribution in [2.24, 2.45) is 0 Å². The van der Waals surface area contributed by atoms with Crippen LogP contribution in [0.4, 0.5) is 0 Å². The number of carbonyl (C=O) groups excluding carboxylic acids is 1. The molecule has 9 nitrogen and oxygen atoms in total. The number of tetrazole rings is 1. The van der Waals surface area contributed by atoms with E-state index in [9.17, 15) is 4.79 Å². The zero-order chi connectivity index (χ0) is 17.6. The van der Waals surface area contributed by atoms with Gasteiger partial charge in [-0.05, 0) is 16.0 Å². The molecule has 130 valence electrons. The standard InChI is InChI=1S/C16H19N7O2/c1-12-18-15(19-25-12)8-9-22(2)16(24)14(23-11-17-20-21-23)10-13-6-4-3-5-7-13/h3-7,11,14H,8-10H2,1-2H3/t14-/m1/s1. The first-order chi connectivity index (χ1) is 12.1. The maximum atomic E-state index is 12.9. The molecule has 9 heteroatoms. The molecule has 0 aliphatic carbocycles. The van der Waals surface area contributed by atoms with E-state index < -0.39 is 6.04 Å². The fraction of sp³-hybridized carbons (Fsp3) is 0.375. The lowest BCUT2D eigenvalue weighted by atomic mass is 10.1. The Morgan fingerprint density at radius 1 is 1.32 bits per heavy atom. The number of benzene rings is 1.